The van der Waals surface area contributed by atoms with Crippen LogP contribution in [0.1, 0.15) is 31.9 Å². The predicted molar refractivity (Wildman–Crippen MR) is 94.1 cm³/mol. The summed E-state index contributed by atoms with van der Waals surface area (Å²) in [5.74, 6) is -1.16. The van der Waals surface area contributed by atoms with Crippen molar-refractivity contribution in [2.75, 3.05) is 0 Å². The Morgan fingerprint density at radius 2 is 1.92 bits per heavy atom. The lowest BCUT2D eigenvalue weighted by Crippen LogP contribution is -2.37. The van der Waals surface area contributed by atoms with Crippen LogP contribution in [0.4, 0.5) is 4.39 Å². The number of pyridine rings is 1. The van der Waals surface area contributed by atoms with Gasteiger partial charge in [-0.1, -0.05) is 67.0 Å². The minimum absolute atomic E-state index is 0.0112. The molecule has 25 heavy (non-hydrogen) atoms. The highest BCUT2D eigenvalue weighted by Gasteiger charge is 2.55. The minimum Gasteiger partial charge on any atom is -0.433 e. The zero-order valence-corrected chi connectivity index (χ0v) is 15.8. The van der Waals surface area contributed by atoms with Gasteiger partial charge in [-0.05, 0) is 11.6 Å². The molecule has 132 valence electrons. The van der Waals surface area contributed by atoms with Crippen LogP contribution in [0.3, 0.4) is 0 Å². The number of carbonyl (C=O) groups is 1. The van der Waals surface area contributed by atoms with Crippen LogP contribution in [-0.4, -0.2) is 17.2 Å². The number of hydrogen-bond acceptors (Lipinski definition) is 4. The van der Waals surface area contributed by atoms with Gasteiger partial charge in [-0.2, -0.15) is 4.39 Å². The zero-order valence-electron chi connectivity index (χ0n) is 14.3. The van der Waals surface area contributed by atoms with Gasteiger partial charge in [0.2, 0.25) is 12.2 Å². The molecule has 2 aromatic rings. The van der Waals surface area contributed by atoms with Gasteiger partial charge in [0.1, 0.15) is 0 Å². The van der Waals surface area contributed by atoms with Crippen LogP contribution in [0.5, 0.6) is 0 Å². The van der Waals surface area contributed by atoms with E-state index in [-0.39, 0.29) is 12.0 Å². The Kier molecular flexibility index (Phi) is 4.68. The molecule has 0 amide bonds. The predicted octanol–water partition coefficient (Wildman–Crippen LogP) is 4.37. The Morgan fingerprint density at radius 1 is 1.24 bits per heavy atom. The number of ether oxygens (including phenoxy) is 2. The van der Waals surface area contributed by atoms with E-state index in [9.17, 15) is 9.18 Å². The molecule has 2 heterocycles. The number of aromatic nitrogens is 1. The first-order valence-corrected chi connectivity index (χ1v) is 8.77. The lowest BCUT2D eigenvalue weighted by atomic mass is 9.87. The summed E-state index contributed by atoms with van der Waals surface area (Å²) >= 11 is 3.34. The van der Waals surface area contributed by atoms with Crippen LogP contribution in [0.25, 0.3) is 0 Å². The molecular weight excluding hydrogens is 389 g/mol. The number of cyclic esters (lactones) is 1. The number of benzene rings is 1. The van der Waals surface area contributed by atoms with Crippen LogP contribution in [-0.2, 0) is 26.3 Å². The number of halogens is 2. The van der Waals surface area contributed by atoms with Gasteiger partial charge < -0.3 is 9.47 Å². The van der Waals surface area contributed by atoms with Crippen molar-refractivity contribution >= 4 is 21.9 Å². The Balaban J connectivity index is 2.10. The second kappa shape index (κ2) is 6.50. The first-order valence-electron chi connectivity index (χ1n) is 7.97. The van der Waals surface area contributed by atoms with Crippen molar-refractivity contribution in [1.82, 2.24) is 4.98 Å². The maximum Gasteiger partial charge on any atom is 0.345 e. The molecule has 0 saturated carbocycles. The number of hydrogen-bond donors (Lipinski definition) is 0. The van der Waals surface area contributed by atoms with E-state index in [1.807, 2.05) is 39.0 Å². The lowest BCUT2D eigenvalue weighted by molar-refractivity contribution is -0.156. The fraction of sp³-hybridized carbons (Fsp3) is 0.368. The molecule has 0 unspecified atom stereocenters. The summed E-state index contributed by atoms with van der Waals surface area (Å²) in [4.78, 5) is 16.6. The number of carbonyl (C=O) groups excluding carboxylic acids is 1. The quantitative estimate of drug-likeness (QED) is 0.559. The van der Waals surface area contributed by atoms with E-state index in [4.69, 9.17) is 9.47 Å². The van der Waals surface area contributed by atoms with Gasteiger partial charge in [0.25, 0.3) is 0 Å². The van der Waals surface area contributed by atoms with Gasteiger partial charge in [-0.25, -0.2) is 9.78 Å². The van der Waals surface area contributed by atoms with Gasteiger partial charge in [0.15, 0.2) is 5.60 Å². The largest absolute Gasteiger partial charge is 0.433 e. The number of esters is 1. The van der Waals surface area contributed by atoms with Crippen LogP contribution in [0.2, 0.25) is 0 Å². The van der Waals surface area contributed by atoms with Gasteiger partial charge in [-0.3, -0.25) is 0 Å². The fourth-order valence-corrected chi connectivity index (χ4v) is 3.18. The SMILES string of the molecule is CC(C)(C)[C@@H]1OC(=O)[C@](Cc2c(Br)ccnc2F)(c2ccccc2)O1. The van der Waals surface area contributed by atoms with Crippen molar-refractivity contribution in [3.63, 3.8) is 0 Å². The number of nitrogens with zero attached hydrogens (tertiary/aromatic N) is 1. The van der Waals surface area contributed by atoms with Crippen molar-refractivity contribution in [3.8, 4) is 0 Å². The maximum atomic E-state index is 14.3. The standard InChI is InChI=1S/C19H19BrFNO3/c1-18(2,3)17-24-16(23)19(25-17,12-7-5-4-6-8-12)11-13-14(20)9-10-22-15(13)21/h4-10,17H,11H2,1-3H3/t17-,19+/m1/s1. The van der Waals surface area contributed by atoms with Crippen molar-refractivity contribution < 1.29 is 18.7 Å². The van der Waals surface area contributed by atoms with Crippen LogP contribution < -0.4 is 0 Å². The normalized spacial score (nSPS) is 23.6. The Hall–Kier alpha value is -1.79. The summed E-state index contributed by atoms with van der Waals surface area (Å²) in [6, 6.07) is 10.7. The third kappa shape index (κ3) is 3.33. The molecule has 0 radical (unpaired) electrons. The summed E-state index contributed by atoms with van der Waals surface area (Å²) < 4.78 is 26.5. The van der Waals surface area contributed by atoms with Crippen molar-refractivity contribution in [2.24, 2.45) is 5.41 Å². The zero-order chi connectivity index (χ0) is 18.2. The Morgan fingerprint density at radius 3 is 2.48 bits per heavy atom. The maximum absolute atomic E-state index is 14.3. The molecule has 1 fully saturated rings. The molecule has 6 heteroatoms. The summed E-state index contributed by atoms with van der Waals surface area (Å²) in [5, 5.41) is 0. The van der Waals surface area contributed by atoms with E-state index in [2.05, 4.69) is 20.9 Å². The molecule has 3 rings (SSSR count). The molecule has 0 N–H and O–H groups in total. The first kappa shape index (κ1) is 18.0. The average molecular weight is 408 g/mol. The van der Waals surface area contributed by atoms with Gasteiger partial charge in [-0.15, -0.1) is 0 Å². The van der Waals surface area contributed by atoms with Crippen LogP contribution in [0.15, 0.2) is 47.1 Å². The molecular formula is C19H19BrFNO3. The highest BCUT2D eigenvalue weighted by atomic mass is 79.9. The summed E-state index contributed by atoms with van der Waals surface area (Å²) in [5.41, 5.74) is -0.914. The fourth-order valence-electron chi connectivity index (χ4n) is 2.76. The van der Waals surface area contributed by atoms with Gasteiger partial charge >= 0.3 is 5.97 Å². The molecule has 1 aromatic carbocycles. The third-order valence-electron chi connectivity index (χ3n) is 4.17. The Labute approximate surface area is 154 Å². The van der Waals surface area contributed by atoms with Crippen molar-refractivity contribution in [1.29, 1.82) is 0 Å². The third-order valence-corrected chi connectivity index (χ3v) is 4.91. The first-order chi connectivity index (χ1) is 11.7. The molecule has 1 aliphatic heterocycles. The van der Waals surface area contributed by atoms with E-state index in [1.54, 1.807) is 18.2 Å². The van der Waals surface area contributed by atoms with Crippen LogP contribution >= 0.6 is 15.9 Å². The van der Waals surface area contributed by atoms with Gasteiger partial charge in [0, 0.05) is 28.1 Å². The topological polar surface area (TPSA) is 48.4 Å². The van der Waals surface area contributed by atoms with Crippen LogP contribution in [0, 0.1) is 11.4 Å². The van der Waals surface area contributed by atoms with E-state index in [0.717, 1.165) is 0 Å². The molecule has 2 atom stereocenters. The molecule has 4 nitrogen and oxygen atoms in total. The van der Waals surface area contributed by atoms with E-state index in [1.165, 1.54) is 6.20 Å². The highest BCUT2D eigenvalue weighted by Crippen LogP contribution is 2.43. The minimum atomic E-state index is -1.41. The summed E-state index contributed by atoms with van der Waals surface area (Å²) in [6.07, 6.45) is 0.630. The van der Waals surface area contributed by atoms with E-state index < -0.39 is 29.2 Å². The molecule has 1 aromatic heterocycles. The highest BCUT2D eigenvalue weighted by molar-refractivity contribution is 9.10. The van der Waals surface area contributed by atoms with Crippen molar-refractivity contribution in [2.45, 2.75) is 39.1 Å². The number of rotatable bonds is 3. The molecule has 1 aliphatic rings. The summed E-state index contributed by atoms with van der Waals surface area (Å²) in [7, 11) is 0. The summed E-state index contributed by atoms with van der Waals surface area (Å²) in [6.45, 7) is 5.77. The second-order valence-corrected chi connectivity index (χ2v) is 8.01. The molecule has 0 spiro atoms. The lowest BCUT2D eigenvalue weighted by Gasteiger charge is -2.29. The second-order valence-electron chi connectivity index (χ2n) is 7.15. The smallest absolute Gasteiger partial charge is 0.345 e. The molecule has 0 aliphatic carbocycles. The molecule has 1 saturated heterocycles. The van der Waals surface area contributed by atoms with E-state index >= 15 is 0 Å². The molecule has 0 bridgehead atoms. The Bertz CT molecular complexity index is 771. The van der Waals surface area contributed by atoms with Crippen molar-refractivity contribution in [3.05, 3.63) is 64.1 Å². The van der Waals surface area contributed by atoms with Gasteiger partial charge in [0.05, 0.1) is 0 Å². The monoisotopic (exact) mass is 407 g/mol. The van der Waals surface area contributed by atoms with E-state index in [0.29, 0.717) is 10.0 Å². The average Bonchev–Trinajstić information content (AvgIpc) is 2.90.